The van der Waals surface area contributed by atoms with Gasteiger partial charge in [-0.15, -0.1) is 11.8 Å². The molecule has 0 bridgehead atoms. The van der Waals surface area contributed by atoms with E-state index in [0.717, 1.165) is 0 Å². The molecule has 0 saturated carbocycles. The lowest BCUT2D eigenvalue weighted by Crippen LogP contribution is -2.56. The van der Waals surface area contributed by atoms with Crippen molar-refractivity contribution in [3.63, 3.8) is 0 Å². The first-order chi connectivity index (χ1) is 30.5. The first kappa shape index (κ1) is 52.5. The molecule has 0 spiro atoms. The van der Waals surface area contributed by atoms with Crippen LogP contribution in [-0.2, 0) is 40.0 Å². The number of allylic oxidation sites excluding steroid dienone is 2. The lowest BCUT2D eigenvalue weighted by molar-refractivity contribution is -0.142. The highest BCUT2D eigenvalue weighted by molar-refractivity contribution is 8.00. The fraction of sp³-hybridized carbons (Fsp3) is 0.525. The summed E-state index contributed by atoms with van der Waals surface area (Å²) in [6, 6.07) is 1.28. The van der Waals surface area contributed by atoms with Crippen LogP contribution in [0.1, 0.15) is 51.5 Å². The van der Waals surface area contributed by atoms with Gasteiger partial charge >= 0.3 is 18.0 Å². The van der Waals surface area contributed by atoms with Crippen molar-refractivity contribution in [2.45, 2.75) is 94.0 Å². The SMILES string of the molecule is CC=C(NC(=O)N[C@@H](Cc1ccccc1)C(=O)O)C(=O)N[C@@H](CO)C(=O)NC(=CC)C(=O)N[C@@H](CCCN=C(N)N)C(=O)N1CCC[C@H]1[C@H]1NC(C(=O)N[C@@H](CCSC)C(=O)O)CS1. The van der Waals surface area contributed by atoms with Crippen molar-refractivity contribution in [3.05, 3.63) is 59.4 Å². The number of aliphatic imine (C=N–C) groups is 1. The summed E-state index contributed by atoms with van der Waals surface area (Å²) >= 11 is 2.90. The number of nitrogens with zero attached hydrogens (tertiary/aromatic N) is 2. The van der Waals surface area contributed by atoms with Gasteiger partial charge in [0.2, 0.25) is 17.7 Å². The van der Waals surface area contributed by atoms with E-state index < -0.39 is 84.3 Å². The molecule has 24 heteroatoms. The lowest BCUT2D eigenvalue weighted by atomic mass is 10.1. The largest absolute Gasteiger partial charge is 0.480 e. The van der Waals surface area contributed by atoms with Gasteiger partial charge in [0.05, 0.1) is 24.1 Å². The van der Waals surface area contributed by atoms with Gasteiger partial charge in [-0.2, -0.15) is 11.8 Å². The molecule has 14 N–H and O–H groups in total. The Morgan fingerprint density at radius 3 is 2.12 bits per heavy atom. The van der Waals surface area contributed by atoms with Gasteiger partial charge in [0.15, 0.2) is 5.96 Å². The number of nitrogens with one attached hydrogen (secondary N) is 7. The molecule has 2 aliphatic rings. The smallest absolute Gasteiger partial charge is 0.326 e. The number of aliphatic hydroxyl groups is 1. The predicted octanol–water partition coefficient (Wildman–Crippen LogP) is -1.73. The summed E-state index contributed by atoms with van der Waals surface area (Å²) in [5, 5.41) is 46.6. The Labute approximate surface area is 379 Å². The molecule has 1 aromatic rings. The van der Waals surface area contributed by atoms with E-state index in [-0.39, 0.29) is 61.0 Å². The third-order valence-corrected chi connectivity index (χ3v) is 12.1. The number of carboxylic acids is 2. The van der Waals surface area contributed by atoms with Crippen molar-refractivity contribution in [2.75, 3.05) is 37.5 Å². The second-order valence-corrected chi connectivity index (χ2v) is 16.8. The summed E-state index contributed by atoms with van der Waals surface area (Å²) in [4.78, 5) is 109. The number of aliphatic carboxylic acids is 2. The zero-order valence-corrected chi connectivity index (χ0v) is 37.5. The third-order valence-electron chi connectivity index (χ3n) is 10.1. The average Bonchev–Trinajstić information content (AvgIpc) is 3.97. The Hall–Kier alpha value is -5.85. The number of benzene rings is 1. The van der Waals surface area contributed by atoms with Crippen molar-refractivity contribution in [1.82, 2.24) is 42.1 Å². The molecule has 0 aliphatic carbocycles. The van der Waals surface area contributed by atoms with Gasteiger partial charge in [0.1, 0.15) is 35.6 Å². The molecule has 2 aliphatic heterocycles. The molecule has 22 nitrogen and oxygen atoms in total. The van der Waals surface area contributed by atoms with Crippen molar-refractivity contribution in [1.29, 1.82) is 0 Å². The van der Waals surface area contributed by atoms with Crippen LogP contribution >= 0.6 is 23.5 Å². The standard InChI is InChI=1S/C40H59N11O11S2/c1-4-23(44-33(55)28(20-52)47-32(54)24(5-2)49-40(62)50-27(38(60)61)19-22-11-7-6-8-12-22)31(53)45-25(13-9-16-43-39(41)42)36(57)51-17-10-14-30(51)35-48-29(21-64-35)34(56)46-26(37(58)59)15-18-63-3/h4-8,11-12,25-30,35,48,52H,9-10,13-21H2,1-3H3,(H,44,55)(H,45,53)(H,46,56)(H,47,54)(H,58,59)(H,60,61)(H4,41,42,43)(H2,49,50,62)/t25-,26-,27-,28-,29?,30-,35-/m0/s1. The van der Waals surface area contributed by atoms with Crippen LogP contribution < -0.4 is 48.7 Å². The van der Waals surface area contributed by atoms with Crippen molar-refractivity contribution >= 4 is 77.0 Å². The molecule has 2 heterocycles. The van der Waals surface area contributed by atoms with E-state index in [2.05, 4.69) is 42.2 Å². The van der Waals surface area contributed by atoms with Crippen LogP contribution in [0.25, 0.3) is 0 Å². The van der Waals surface area contributed by atoms with Crippen molar-refractivity contribution in [2.24, 2.45) is 16.5 Å². The Kier molecular flexibility index (Phi) is 21.9. The van der Waals surface area contributed by atoms with Crippen LogP contribution in [0.2, 0.25) is 0 Å². The number of amides is 7. The highest BCUT2D eigenvalue weighted by atomic mass is 32.2. The number of urea groups is 1. The number of carbonyl (C=O) groups is 8. The fourth-order valence-corrected chi connectivity index (χ4v) is 8.63. The summed E-state index contributed by atoms with van der Waals surface area (Å²) in [6.45, 7) is 2.38. The number of carbonyl (C=O) groups excluding carboxylic acids is 6. The van der Waals surface area contributed by atoms with Gasteiger partial charge in [-0.05, 0) is 63.5 Å². The van der Waals surface area contributed by atoms with Crippen LogP contribution in [0, 0.1) is 0 Å². The molecule has 3 rings (SSSR count). The van der Waals surface area contributed by atoms with Crippen LogP contribution in [-0.4, -0.2) is 153 Å². The minimum atomic E-state index is -1.64. The second kappa shape index (κ2) is 26.7. The molecule has 0 aromatic heterocycles. The number of guanidine groups is 1. The first-order valence-corrected chi connectivity index (χ1v) is 22.9. The van der Waals surface area contributed by atoms with Gasteiger partial charge in [0.25, 0.3) is 11.8 Å². The molecule has 7 amide bonds. The molecule has 7 atom stereocenters. The van der Waals surface area contributed by atoms with Gasteiger partial charge in [-0.3, -0.25) is 34.3 Å². The number of hydrogen-bond acceptors (Lipinski definition) is 13. The number of likely N-dealkylation sites (tertiary alicyclic amines) is 1. The summed E-state index contributed by atoms with van der Waals surface area (Å²) in [5.74, 6) is -5.53. The number of carboxylic acid groups (broad SMARTS) is 2. The quantitative estimate of drug-likeness (QED) is 0.0237. The summed E-state index contributed by atoms with van der Waals surface area (Å²) in [5.41, 5.74) is 10.9. The topological polar surface area (TPSA) is 349 Å². The monoisotopic (exact) mass is 933 g/mol. The van der Waals surface area contributed by atoms with E-state index in [0.29, 0.717) is 36.5 Å². The summed E-state index contributed by atoms with van der Waals surface area (Å²) < 4.78 is 0. The van der Waals surface area contributed by atoms with E-state index in [9.17, 15) is 53.7 Å². The van der Waals surface area contributed by atoms with Crippen molar-refractivity contribution in [3.8, 4) is 0 Å². The number of hydrogen-bond donors (Lipinski definition) is 12. The number of nitrogens with two attached hydrogens (primary N) is 2. The molecule has 1 aromatic carbocycles. The molecule has 2 saturated heterocycles. The third kappa shape index (κ3) is 16.4. The van der Waals surface area contributed by atoms with Crippen LogP contribution in [0.15, 0.2) is 58.9 Å². The highest BCUT2D eigenvalue weighted by Gasteiger charge is 2.43. The maximum Gasteiger partial charge on any atom is 0.326 e. The van der Waals surface area contributed by atoms with Gasteiger partial charge in [-0.25, -0.2) is 14.4 Å². The maximum atomic E-state index is 14.3. The number of thioether (sulfide) groups is 2. The first-order valence-electron chi connectivity index (χ1n) is 20.5. The highest BCUT2D eigenvalue weighted by Crippen LogP contribution is 2.31. The van der Waals surface area contributed by atoms with Crippen LogP contribution in [0.3, 0.4) is 0 Å². The average molecular weight is 934 g/mol. The molecular formula is C40H59N11O11S2. The minimum Gasteiger partial charge on any atom is -0.480 e. The fourth-order valence-electron chi connectivity index (χ4n) is 6.75. The lowest BCUT2D eigenvalue weighted by Gasteiger charge is -2.32. The van der Waals surface area contributed by atoms with Gasteiger partial charge < -0.3 is 63.6 Å². The Bertz CT molecular complexity index is 1920. The zero-order valence-electron chi connectivity index (χ0n) is 35.8. The number of aliphatic hydroxyl groups excluding tert-OH is 1. The van der Waals surface area contributed by atoms with E-state index in [4.69, 9.17) is 11.5 Å². The van der Waals surface area contributed by atoms with Gasteiger partial charge in [-0.1, -0.05) is 42.5 Å². The minimum absolute atomic E-state index is 0.0447. The van der Waals surface area contributed by atoms with E-state index in [1.54, 1.807) is 35.2 Å². The molecule has 2 fully saturated rings. The molecule has 0 radical (unpaired) electrons. The maximum absolute atomic E-state index is 14.3. The second-order valence-electron chi connectivity index (χ2n) is 14.7. The zero-order chi connectivity index (χ0) is 47.3. The van der Waals surface area contributed by atoms with E-state index in [1.807, 2.05) is 6.26 Å². The summed E-state index contributed by atoms with van der Waals surface area (Å²) in [6.07, 6.45) is 6.07. The molecular weight excluding hydrogens is 875 g/mol. The molecule has 64 heavy (non-hydrogen) atoms. The predicted molar refractivity (Wildman–Crippen MR) is 240 cm³/mol. The molecule has 352 valence electrons. The Balaban J connectivity index is 1.66. The molecule has 1 unspecified atom stereocenters. The van der Waals surface area contributed by atoms with Gasteiger partial charge in [0, 0.05) is 25.3 Å². The number of rotatable bonds is 24. The van der Waals surface area contributed by atoms with E-state index in [1.165, 1.54) is 49.5 Å². The van der Waals surface area contributed by atoms with Crippen LogP contribution in [0.4, 0.5) is 4.79 Å². The Morgan fingerprint density at radius 1 is 0.891 bits per heavy atom. The van der Waals surface area contributed by atoms with E-state index >= 15 is 0 Å². The van der Waals surface area contributed by atoms with Crippen molar-refractivity contribution < 1.29 is 53.7 Å². The normalized spacial score (nSPS) is 19.2. The summed E-state index contributed by atoms with van der Waals surface area (Å²) in [7, 11) is 0. The Morgan fingerprint density at radius 2 is 1.53 bits per heavy atom. The van der Waals surface area contributed by atoms with Crippen LogP contribution in [0.5, 0.6) is 0 Å².